The molecule has 1 aromatic heterocycles. The van der Waals surface area contributed by atoms with Crippen molar-refractivity contribution in [3.8, 4) is 0 Å². The van der Waals surface area contributed by atoms with E-state index in [1.165, 1.54) is 12.8 Å². The molecule has 1 fully saturated rings. The molecule has 1 heterocycles. The minimum atomic E-state index is 0.145. The zero-order chi connectivity index (χ0) is 12.8. The predicted molar refractivity (Wildman–Crippen MR) is 70.1 cm³/mol. The third kappa shape index (κ3) is 3.60. The summed E-state index contributed by atoms with van der Waals surface area (Å²) in [5, 5.41) is 3.09. The molecule has 1 amide bonds. The van der Waals surface area contributed by atoms with E-state index in [0.29, 0.717) is 19.0 Å². The van der Waals surface area contributed by atoms with Crippen LogP contribution in [0.25, 0.3) is 0 Å². The third-order valence-electron chi connectivity index (χ3n) is 3.67. The highest BCUT2D eigenvalue weighted by molar-refractivity contribution is 5.76. The maximum Gasteiger partial charge on any atom is 0.220 e. The van der Waals surface area contributed by atoms with Crippen molar-refractivity contribution in [1.29, 1.82) is 0 Å². The first kappa shape index (κ1) is 13.1. The van der Waals surface area contributed by atoms with Crippen LogP contribution in [-0.4, -0.2) is 18.5 Å². The fraction of sp³-hybridized carbons (Fsp3) is 0.643. The summed E-state index contributed by atoms with van der Waals surface area (Å²) in [6, 6.07) is 4.18. The first-order chi connectivity index (χ1) is 8.79. The van der Waals surface area contributed by atoms with E-state index < -0.39 is 0 Å². The molecule has 18 heavy (non-hydrogen) atoms. The lowest BCUT2D eigenvalue weighted by Crippen LogP contribution is -2.32. The number of furan rings is 1. The molecule has 4 nitrogen and oxygen atoms in total. The molecule has 0 saturated heterocycles. The zero-order valence-electron chi connectivity index (χ0n) is 10.7. The molecule has 100 valence electrons. The summed E-state index contributed by atoms with van der Waals surface area (Å²) in [5.41, 5.74) is 5.72. The van der Waals surface area contributed by atoms with Gasteiger partial charge in [-0.15, -0.1) is 0 Å². The van der Waals surface area contributed by atoms with Gasteiger partial charge in [-0.3, -0.25) is 4.79 Å². The fourth-order valence-electron chi connectivity index (χ4n) is 2.58. The van der Waals surface area contributed by atoms with Crippen molar-refractivity contribution in [2.45, 2.75) is 50.5 Å². The molecule has 2 rings (SSSR count). The molecule has 1 unspecified atom stereocenters. The van der Waals surface area contributed by atoms with E-state index in [1.54, 1.807) is 6.26 Å². The van der Waals surface area contributed by atoms with E-state index in [2.05, 4.69) is 5.32 Å². The highest BCUT2D eigenvalue weighted by atomic mass is 16.3. The molecule has 1 atom stereocenters. The van der Waals surface area contributed by atoms with Crippen molar-refractivity contribution >= 4 is 5.91 Å². The highest BCUT2D eigenvalue weighted by Gasteiger charge is 2.19. The Hall–Kier alpha value is -1.29. The van der Waals surface area contributed by atoms with Crippen molar-refractivity contribution in [1.82, 2.24) is 5.32 Å². The molecule has 3 N–H and O–H groups in total. The Morgan fingerprint density at radius 2 is 2.28 bits per heavy atom. The number of carbonyl (C=O) groups excluding carboxylic acids is 1. The van der Waals surface area contributed by atoms with Crippen LogP contribution >= 0.6 is 0 Å². The number of nitrogens with one attached hydrogen (secondary N) is 1. The summed E-state index contributed by atoms with van der Waals surface area (Å²) < 4.78 is 5.34. The van der Waals surface area contributed by atoms with Gasteiger partial charge in [0.2, 0.25) is 5.91 Å². The van der Waals surface area contributed by atoms with Crippen molar-refractivity contribution < 1.29 is 9.21 Å². The average molecular weight is 250 g/mol. The van der Waals surface area contributed by atoms with Gasteiger partial charge in [-0.25, -0.2) is 0 Å². The van der Waals surface area contributed by atoms with Crippen LogP contribution in [0.4, 0.5) is 0 Å². The molecule has 1 aromatic rings. The zero-order valence-corrected chi connectivity index (χ0v) is 10.7. The van der Waals surface area contributed by atoms with Gasteiger partial charge in [0.1, 0.15) is 5.76 Å². The molecular formula is C14H22N2O2. The second-order valence-corrected chi connectivity index (χ2v) is 5.04. The van der Waals surface area contributed by atoms with Crippen LogP contribution in [0.15, 0.2) is 22.8 Å². The summed E-state index contributed by atoms with van der Waals surface area (Å²) in [4.78, 5) is 11.8. The van der Waals surface area contributed by atoms with Crippen molar-refractivity contribution in [2.24, 2.45) is 5.73 Å². The van der Waals surface area contributed by atoms with Gasteiger partial charge in [-0.1, -0.05) is 12.8 Å². The predicted octanol–water partition coefficient (Wildman–Crippen LogP) is 2.16. The largest absolute Gasteiger partial charge is 0.469 e. The standard InChI is InChI=1S/C14H22N2O2/c15-10-11(13-6-3-9-18-13)7-8-14(17)16-12-4-1-2-5-12/h3,6,9,11-12H,1-2,4-5,7-8,10,15H2,(H,16,17). The summed E-state index contributed by atoms with van der Waals surface area (Å²) in [7, 11) is 0. The first-order valence-electron chi connectivity index (χ1n) is 6.82. The Bertz CT molecular complexity index is 356. The van der Waals surface area contributed by atoms with Gasteiger partial charge >= 0.3 is 0 Å². The van der Waals surface area contributed by atoms with Crippen LogP contribution in [0.5, 0.6) is 0 Å². The van der Waals surface area contributed by atoms with Gasteiger partial charge in [-0.05, 0) is 31.4 Å². The topological polar surface area (TPSA) is 68.3 Å². The van der Waals surface area contributed by atoms with Gasteiger partial charge < -0.3 is 15.5 Å². The second kappa shape index (κ2) is 6.59. The lowest BCUT2D eigenvalue weighted by molar-refractivity contribution is -0.121. The van der Waals surface area contributed by atoms with E-state index in [0.717, 1.165) is 25.0 Å². The van der Waals surface area contributed by atoms with E-state index in [-0.39, 0.29) is 11.8 Å². The van der Waals surface area contributed by atoms with Crippen LogP contribution < -0.4 is 11.1 Å². The quantitative estimate of drug-likeness (QED) is 0.813. The maximum atomic E-state index is 11.8. The number of carbonyl (C=O) groups is 1. The first-order valence-corrected chi connectivity index (χ1v) is 6.82. The van der Waals surface area contributed by atoms with Gasteiger partial charge in [-0.2, -0.15) is 0 Å². The normalized spacial score (nSPS) is 17.8. The van der Waals surface area contributed by atoms with Crippen LogP contribution in [0.3, 0.4) is 0 Å². The SMILES string of the molecule is NCC(CCC(=O)NC1CCCC1)c1ccco1. The van der Waals surface area contributed by atoms with E-state index in [1.807, 2.05) is 12.1 Å². The molecule has 1 aliphatic rings. The summed E-state index contributed by atoms with van der Waals surface area (Å²) in [5.74, 6) is 1.17. The Kier molecular flexibility index (Phi) is 4.81. The fourth-order valence-corrected chi connectivity index (χ4v) is 2.58. The number of rotatable bonds is 6. The van der Waals surface area contributed by atoms with Gasteiger partial charge in [0.05, 0.1) is 6.26 Å². The molecule has 1 aliphatic carbocycles. The Balaban J connectivity index is 1.74. The van der Waals surface area contributed by atoms with Gasteiger partial charge in [0.25, 0.3) is 0 Å². The van der Waals surface area contributed by atoms with Crippen LogP contribution in [-0.2, 0) is 4.79 Å². The molecular weight excluding hydrogens is 228 g/mol. The van der Waals surface area contributed by atoms with E-state index >= 15 is 0 Å². The monoisotopic (exact) mass is 250 g/mol. The average Bonchev–Trinajstić information content (AvgIpc) is 3.02. The summed E-state index contributed by atoms with van der Waals surface area (Å²) >= 11 is 0. The second-order valence-electron chi connectivity index (χ2n) is 5.04. The van der Waals surface area contributed by atoms with Crippen molar-refractivity contribution in [3.63, 3.8) is 0 Å². The molecule has 4 heteroatoms. The van der Waals surface area contributed by atoms with Crippen LogP contribution in [0, 0.1) is 0 Å². The molecule has 0 bridgehead atoms. The van der Waals surface area contributed by atoms with Crippen LogP contribution in [0.1, 0.15) is 50.2 Å². The van der Waals surface area contributed by atoms with Crippen molar-refractivity contribution in [3.05, 3.63) is 24.2 Å². The minimum absolute atomic E-state index is 0.145. The number of nitrogens with two attached hydrogens (primary N) is 1. The smallest absolute Gasteiger partial charge is 0.220 e. The lowest BCUT2D eigenvalue weighted by Gasteiger charge is -2.14. The molecule has 0 spiro atoms. The van der Waals surface area contributed by atoms with Crippen molar-refractivity contribution in [2.75, 3.05) is 6.54 Å². The Labute approximate surface area is 108 Å². The Morgan fingerprint density at radius 3 is 2.89 bits per heavy atom. The third-order valence-corrected chi connectivity index (χ3v) is 3.67. The molecule has 0 aliphatic heterocycles. The van der Waals surface area contributed by atoms with Gasteiger partial charge in [0, 0.05) is 24.9 Å². The van der Waals surface area contributed by atoms with Crippen LogP contribution in [0.2, 0.25) is 0 Å². The lowest BCUT2D eigenvalue weighted by atomic mass is 10.0. The molecule has 1 saturated carbocycles. The summed E-state index contributed by atoms with van der Waals surface area (Å²) in [6.07, 6.45) is 7.66. The molecule has 0 radical (unpaired) electrons. The summed E-state index contributed by atoms with van der Waals surface area (Å²) in [6.45, 7) is 0.518. The van der Waals surface area contributed by atoms with Gasteiger partial charge in [0.15, 0.2) is 0 Å². The Morgan fingerprint density at radius 1 is 1.50 bits per heavy atom. The highest BCUT2D eigenvalue weighted by Crippen LogP contribution is 2.21. The number of amides is 1. The minimum Gasteiger partial charge on any atom is -0.469 e. The number of hydrogen-bond donors (Lipinski definition) is 2. The number of hydrogen-bond acceptors (Lipinski definition) is 3. The van der Waals surface area contributed by atoms with E-state index in [4.69, 9.17) is 10.2 Å². The van der Waals surface area contributed by atoms with E-state index in [9.17, 15) is 4.79 Å². The maximum absolute atomic E-state index is 11.8. The molecule has 0 aromatic carbocycles.